The molecule has 0 spiro atoms. The normalized spacial score (nSPS) is 11.2. The minimum absolute atomic E-state index is 0.0124. The van der Waals surface area contributed by atoms with Crippen molar-refractivity contribution in [3.05, 3.63) is 46.6 Å². The largest absolute Gasteiger partial charge is 0.462 e. The van der Waals surface area contributed by atoms with Crippen molar-refractivity contribution in [2.24, 2.45) is 0 Å². The lowest BCUT2D eigenvalue weighted by atomic mass is 10.2. The van der Waals surface area contributed by atoms with Crippen molar-refractivity contribution >= 4 is 39.1 Å². The first-order valence-corrected chi connectivity index (χ1v) is 8.72. The third-order valence-electron chi connectivity index (χ3n) is 3.05. The molecule has 0 saturated heterocycles. The van der Waals surface area contributed by atoms with Crippen LogP contribution in [0, 0.1) is 6.92 Å². The molecule has 0 aliphatic carbocycles. The van der Waals surface area contributed by atoms with Crippen LogP contribution < -0.4 is 5.32 Å². The number of hydrogen-bond donors (Lipinski definition) is 2. The smallest absolute Gasteiger partial charge is 0.341 e. The number of pyridine rings is 1. The number of ether oxygens (including phenoxy) is 1. The number of nitrogens with zero attached hydrogens (tertiary/aromatic N) is 1. The minimum atomic E-state index is -4.64. The van der Waals surface area contributed by atoms with Gasteiger partial charge in [0.2, 0.25) is 5.03 Å². The molecular weight excluding hydrogens is 356 g/mol. The lowest BCUT2D eigenvalue weighted by Crippen LogP contribution is -2.12. The number of anilines is 2. The summed E-state index contributed by atoms with van der Waals surface area (Å²) in [5.41, 5.74) is 1.53. The Hall–Kier alpha value is -2.16. The van der Waals surface area contributed by atoms with Gasteiger partial charge in [0.05, 0.1) is 12.3 Å². The Kier molecular flexibility index (Phi) is 5.43. The maximum Gasteiger partial charge on any atom is 0.341 e. The fourth-order valence-electron chi connectivity index (χ4n) is 1.92. The van der Waals surface area contributed by atoms with Crippen molar-refractivity contribution < 1.29 is 22.5 Å². The molecule has 1 aromatic carbocycles. The number of aryl methyl sites for hydroxylation is 1. The monoisotopic (exact) mass is 370 g/mol. The molecule has 2 aromatic rings. The molecule has 2 rings (SSSR count). The van der Waals surface area contributed by atoms with Crippen molar-refractivity contribution in [2.75, 3.05) is 11.9 Å². The average Bonchev–Trinajstić information content (AvgIpc) is 2.50. The Morgan fingerprint density at radius 1 is 1.33 bits per heavy atom. The maximum atomic E-state index is 12.1. The van der Waals surface area contributed by atoms with Gasteiger partial charge in [0, 0.05) is 11.9 Å². The van der Waals surface area contributed by atoms with Gasteiger partial charge in [-0.15, -0.1) is 0 Å². The summed E-state index contributed by atoms with van der Waals surface area (Å²) >= 11 is 6.05. The van der Waals surface area contributed by atoms with Crippen molar-refractivity contribution in [1.82, 2.24) is 4.98 Å². The van der Waals surface area contributed by atoms with E-state index in [1.165, 1.54) is 0 Å². The zero-order valence-corrected chi connectivity index (χ0v) is 14.5. The second kappa shape index (κ2) is 7.16. The summed E-state index contributed by atoms with van der Waals surface area (Å²) in [6.45, 7) is 3.66. The zero-order valence-electron chi connectivity index (χ0n) is 12.9. The van der Waals surface area contributed by atoms with E-state index in [9.17, 15) is 17.8 Å². The van der Waals surface area contributed by atoms with Crippen molar-refractivity contribution in [3.8, 4) is 0 Å². The van der Waals surface area contributed by atoms with Crippen LogP contribution in [0.4, 0.5) is 11.4 Å². The van der Waals surface area contributed by atoms with E-state index in [0.717, 1.165) is 11.8 Å². The number of halogens is 1. The maximum absolute atomic E-state index is 12.1. The van der Waals surface area contributed by atoms with E-state index in [-0.39, 0.29) is 17.9 Å². The van der Waals surface area contributed by atoms with Crippen molar-refractivity contribution in [2.45, 2.75) is 18.9 Å². The van der Waals surface area contributed by atoms with Crippen LogP contribution in [0.2, 0.25) is 5.02 Å². The molecule has 0 aliphatic heterocycles. The molecule has 128 valence electrons. The summed E-state index contributed by atoms with van der Waals surface area (Å²) in [6.07, 6.45) is 0.990. The Labute approximate surface area is 144 Å². The molecule has 0 atom stereocenters. The summed E-state index contributed by atoms with van der Waals surface area (Å²) < 4.78 is 36.9. The standard InChI is InChI=1S/C15H15ClN2O5S/c1-3-23-15(19)11-8-17-14(24(20,21)22)12(16)13(11)18-10-6-4-9(2)5-7-10/h4-8H,3H2,1-2H3,(H,17,18)(H,20,21,22). The number of aromatic nitrogens is 1. The number of carbonyl (C=O) groups excluding carboxylic acids is 1. The molecule has 1 heterocycles. The van der Waals surface area contributed by atoms with Crippen LogP contribution in [0.5, 0.6) is 0 Å². The van der Waals surface area contributed by atoms with E-state index in [2.05, 4.69) is 10.3 Å². The van der Waals surface area contributed by atoms with Crippen molar-refractivity contribution in [1.29, 1.82) is 0 Å². The minimum Gasteiger partial charge on any atom is -0.462 e. The molecule has 2 N–H and O–H groups in total. The first-order chi connectivity index (χ1) is 11.2. The Morgan fingerprint density at radius 2 is 1.96 bits per heavy atom. The van der Waals surface area contributed by atoms with Crippen molar-refractivity contribution in [3.63, 3.8) is 0 Å². The second-order valence-corrected chi connectivity index (χ2v) is 6.57. The first-order valence-electron chi connectivity index (χ1n) is 6.90. The molecule has 0 amide bonds. The molecule has 0 bridgehead atoms. The fourth-order valence-corrected chi connectivity index (χ4v) is 2.92. The van der Waals surface area contributed by atoms with Gasteiger partial charge in [-0.25, -0.2) is 9.78 Å². The van der Waals surface area contributed by atoms with Gasteiger partial charge >= 0.3 is 16.1 Å². The van der Waals surface area contributed by atoms with Gasteiger partial charge < -0.3 is 10.1 Å². The number of nitrogens with one attached hydrogen (secondary N) is 1. The quantitative estimate of drug-likeness (QED) is 0.614. The molecule has 0 saturated carbocycles. The van der Waals surface area contributed by atoms with Gasteiger partial charge in [-0.2, -0.15) is 8.42 Å². The van der Waals surface area contributed by atoms with Crippen LogP contribution >= 0.6 is 11.6 Å². The summed E-state index contributed by atoms with van der Waals surface area (Å²) in [4.78, 5) is 15.6. The van der Waals surface area contributed by atoms with Gasteiger partial charge in [-0.3, -0.25) is 4.55 Å². The highest BCUT2D eigenvalue weighted by Gasteiger charge is 2.25. The Balaban J connectivity index is 2.58. The van der Waals surface area contributed by atoms with Gasteiger partial charge in [-0.1, -0.05) is 29.3 Å². The second-order valence-electron chi connectivity index (χ2n) is 4.85. The SMILES string of the molecule is CCOC(=O)c1cnc(S(=O)(=O)O)c(Cl)c1Nc1ccc(C)cc1. The average molecular weight is 371 g/mol. The van der Waals surface area contributed by atoms with E-state index >= 15 is 0 Å². The molecule has 0 fully saturated rings. The molecule has 24 heavy (non-hydrogen) atoms. The number of esters is 1. The number of benzene rings is 1. The predicted octanol–water partition coefficient (Wildman–Crippen LogP) is 3.21. The zero-order chi connectivity index (χ0) is 17.9. The number of carbonyl (C=O) groups is 1. The highest BCUT2D eigenvalue weighted by Crippen LogP contribution is 2.33. The van der Waals surface area contributed by atoms with E-state index in [1.807, 2.05) is 19.1 Å². The van der Waals surface area contributed by atoms with Gasteiger partial charge in [-0.05, 0) is 26.0 Å². The third-order valence-corrected chi connectivity index (χ3v) is 4.33. The van der Waals surface area contributed by atoms with Gasteiger partial charge in [0.15, 0.2) is 0 Å². The Bertz CT molecular complexity index is 866. The summed E-state index contributed by atoms with van der Waals surface area (Å²) in [5, 5.41) is 1.73. The Morgan fingerprint density at radius 3 is 2.50 bits per heavy atom. The first kappa shape index (κ1) is 18.2. The van der Waals surface area contributed by atoms with Crippen LogP contribution in [0.3, 0.4) is 0 Å². The summed E-state index contributed by atoms with van der Waals surface area (Å²) in [5.74, 6) is -0.719. The van der Waals surface area contributed by atoms with E-state index in [0.29, 0.717) is 5.69 Å². The van der Waals surface area contributed by atoms with Crippen LogP contribution in [0.1, 0.15) is 22.8 Å². The molecular formula is C15H15ClN2O5S. The lowest BCUT2D eigenvalue weighted by Gasteiger charge is -2.14. The summed E-state index contributed by atoms with van der Waals surface area (Å²) in [7, 11) is -4.64. The highest BCUT2D eigenvalue weighted by molar-refractivity contribution is 7.85. The third kappa shape index (κ3) is 4.02. The molecule has 7 nitrogen and oxygen atoms in total. The van der Waals surface area contributed by atoms with Crippen LogP contribution in [-0.4, -0.2) is 30.5 Å². The highest BCUT2D eigenvalue weighted by atomic mass is 35.5. The topological polar surface area (TPSA) is 106 Å². The predicted molar refractivity (Wildman–Crippen MR) is 89.5 cm³/mol. The van der Waals surface area contributed by atoms with Gasteiger partial charge in [0.25, 0.3) is 0 Å². The molecule has 0 unspecified atom stereocenters. The van der Waals surface area contributed by atoms with Crippen LogP contribution in [0.25, 0.3) is 0 Å². The van der Waals surface area contributed by atoms with E-state index in [4.69, 9.17) is 16.3 Å². The number of hydrogen-bond acceptors (Lipinski definition) is 6. The molecule has 0 aliphatic rings. The van der Waals surface area contributed by atoms with Gasteiger partial charge in [0.1, 0.15) is 10.6 Å². The van der Waals surface area contributed by atoms with E-state index < -0.39 is 26.1 Å². The van der Waals surface area contributed by atoms with E-state index in [1.54, 1.807) is 19.1 Å². The molecule has 1 aromatic heterocycles. The van der Waals surface area contributed by atoms with Crippen LogP contribution in [0.15, 0.2) is 35.5 Å². The lowest BCUT2D eigenvalue weighted by molar-refractivity contribution is 0.0527. The number of rotatable bonds is 5. The molecule has 0 radical (unpaired) electrons. The fraction of sp³-hybridized carbons (Fsp3) is 0.200. The van der Waals surface area contributed by atoms with Crippen LogP contribution in [-0.2, 0) is 14.9 Å². The molecule has 9 heteroatoms. The summed E-state index contributed by atoms with van der Waals surface area (Å²) in [6, 6.07) is 7.11.